The summed E-state index contributed by atoms with van der Waals surface area (Å²) in [6, 6.07) is 15.3. The highest BCUT2D eigenvalue weighted by molar-refractivity contribution is 5.75. The van der Waals surface area contributed by atoms with Crippen molar-refractivity contribution in [2.45, 2.75) is 6.10 Å². The van der Waals surface area contributed by atoms with Crippen LogP contribution in [0.1, 0.15) is 17.2 Å². The Hall–Kier alpha value is -2.20. The number of rotatable bonds is 2. The highest BCUT2D eigenvalue weighted by Crippen LogP contribution is 2.24. The predicted molar refractivity (Wildman–Crippen MR) is 69.0 cm³/mol. The quantitative estimate of drug-likeness (QED) is 0.744. The molecule has 0 bridgehead atoms. The van der Waals surface area contributed by atoms with Gasteiger partial charge in [-0.2, -0.15) is 0 Å². The Morgan fingerprint density at radius 1 is 1.06 bits per heavy atom. The number of aromatic nitrogens is 3. The third-order valence-electron chi connectivity index (χ3n) is 3.07. The number of aliphatic hydroxyl groups is 1. The zero-order valence-electron chi connectivity index (χ0n) is 9.99. The van der Waals surface area contributed by atoms with Crippen molar-refractivity contribution in [3.8, 4) is 0 Å². The summed E-state index contributed by atoms with van der Waals surface area (Å²) in [5.74, 6) is 0. The molecule has 0 amide bonds. The first-order valence-electron chi connectivity index (χ1n) is 5.78. The minimum absolute atomic E-state index is 0.627. The molecule has 1 unspecified atom stereocenters. The fourth-order valence-electron chi connectivity index (χ4n) is 2.06. The van der Waals surface area contributed by atoms with Crippen LogP contribution in [0.4, 0.5) is 0 Å². The van der Waals surface area contributed by atoms with E-state index in [9.17, 15) is 5.11 Å². The van der Waals surface area contributed by atoms with Gasteiger partial charge >= 0.3 is 0 Å². The number of fused-ring (bicyclic) bond motifs is 1. The Labute approximate surface area is 104 Å². The Morgan fingerprint density at radius 2 is 1.83 bits per heavy atom. The van der Waals surface area contributed by atoms with E-state index in [0.29, 0.717) is 0 Å². The van der Waals surface area contributed by atoms with Gasteiger partial charge in [0.05, 0.1) is 5.52 Å². The maximum absolute atomic E-state index is 10.3. The average Bonchev–Trinajstić information content (AvgIpc) is 2.80. The standard InChI is InChI=1S/C14H13N3O/c1-17-13-8-7-11(9-12(13)15-16-17)14(18)10-5-3-2-4-6-10/h2-9,14,18H,1H3. The molecule has 0 saturated heterocycles. The topological polar surface area (TPSA) is 50.9 Å². The summed E-state index contributed by atoms with van der Waals surface area (Å²) in [6.45, 7) is 0. The second kappa shape index (κ2) is 4.23. The molecule has 0 aliphatic rings. The summed E-state index contributed by atoms with van der Waals surface area (Å²) < 4.78 is 1.72. The number of hydrogen-bond donors (Lipinski definition) is 1. The maximum atomic E-state index is 10.3. The van der Waals surface area contributed by atoms with E-state index < -0.39 is 6.10 Å². The van der Waals surface area contributed by atoms with Crippen LogP contribution in [0.5, 0.6) is 0 Å². The van der Waals surface area contributed by atoms with Gasteiger partial charge in [-0.15, -0.1) is 5.10 Å². The first-order chi connectivity index (χ1) is 8.75. The number of nitrogens with zero attached hydrogens (tertiary/aromatic N) is 3. The van der Waals surface area contributed by atoms with E-state index in [1.165, 1.54) is 0 Å². The van der Waals surface area contributed by atoms with Gasteiger partial charge in [-0.25, -0.2) is 4.68 Å². The molecular weight excluding hydrogens is 226 g/mol. The Morgan fingerprint density at radius 3 is 2.61 bits per heavy atom. The number of aliphatic hydroxyl groups excluding tert-OH is 1. The van der Waals surface area contributed by atoms with Gasteiger partial charge in [0.2, 0.25) is 0 Å². The molecule has 0 aliphatic carbocycles. The lowest BCUT2D eigenvalue weighted by Crippen LogP contribution is -1.99. The summed E-state index contributed by atoms with van der Waals surface area (Å²) >= 11 is 0. The van der Waals surface area contributed by atoms with Crippen LogP contribution < -0.4 is 0 Å². The van der Waals surface area contributed by atoms with Gasteiger partial charge < -0.3 is 5.11 Å². The van der Waals surface area contributed by atoms with E-state index in [1.54, 1.807) is 4.68 Å². The van der Waals surface area contributed by atoms with Gasteiger partial charge in [-0.1, -0.05) is 41.6 Å². The van der Waals surface area contributed by atoms with Gasteiger partial charge in [0, 0.05) is 7.05 Å². The molecule has 1 atom stereocenters. The molecule has 0 aliphatic heterocycles. The van der Waals surface area contributed by atoms with Crippen LogP contribution in [0, 0.1) is 0 Å². The molecule has 0 fully saturated rings. The van der Waals surface area contributed by atoms with Crippen LogP contribution in [0.2, 0.25) is 0 Å². The summed E-state index contributed by atoms with van der Waals surface area (Å²) in [6.07, 6.45) is -0.627. The zero-order chi connectivity index (χ0) is 12.5. The maximum Gasteiger partial charge on any atom is 0.113 e. The molecule has 1 N–H and O–H groups in total. The van der Waals surface area contributed by atoms with Gasteiger partial charge in [0.1, 0.15) is 11.6 Å². The van der Waals surface area contributed by atoms with Crippen LogP contribution in [0.15, 0.2) is 48.5 Å². The van der Waals surface area contributed by atoms with Crippen molar-refractivity contribution in [2.75, 3.05) is 0 Å². The lowest BCUT2D eigenvalue weighted by atomic mass is 10.0. The van der Waals surface area contributed by atoms with Crippen LogP contribution in [0.3, 0.4) is 0 Å². The van der Waals surface area contributed by atoms with Gasteiger partial charge in [-0.3, -0.25) is 0 Å². The number of benzene rings is 2. The lowest BCUT2D eigenvalue weighted by Gasteiger charge is -2.11. The molecule has 3 rings (SSSR count). The first kappa shape index (κ1) is 10.9. The van der Waals surface area contributed by atoms with E-state index in [1.807, 2.05) is 55.6 Å². The SMILES string of the molecule is Cn1nnc2cc(C(O)c3ccccc3)ccc21. The molecule has 18 heavy (non-hydrogen) atoms. The van der Waals surface area contributed by atoms with E-state index >= 15 is 0 Å². The van der Waals surface area contributed by atoms with Crippen molar-refractivity contribution in [1.82, 2.24) is 15.0 Å². The minimum Gasteiger partial charge on any atom is -0.384 e. The van der Waals surface area contributed by atoms with Crippen LogP contribution in [-0.4, -0.2) is 20.1 Å². The highest BCUT2D eigenvalue weighted by Gasteiger charge is 2.11. The molecule has 0 spiro atoms. The van der Waals surface area contributed by atoms with Crippen molar-refractivity contribution in [3.63, 3.8) is 0 Å². The van der Waals surface area contributed by atoms with Crippen LogP contribution >= 0.6 is 0 Å². The third kappa shape index (κ3) is 1.76. The summed E-state index contributed by atoms with van der Waals surface area (Å²) in [5, 5.41) is 18.3. The second-order valence-electron chi connectivity index (χ2n) is 4.27. The molecule has 3 aromatic rings. The fraction of sp³-hybridized carbons (Fsp3) is 0.143. The van der Waals surface area contributed by atoms with E-state index in [0.717, 1.165) is 22.2 Å². The van der Waals surface area contributed by atoms with Gasteiger partial charge in [0.25, 0.3) is 0 Å². The molecule has 0 saturated carbocycles. The Kier molecular flexibility index (Phi) is 2.57. The number of hydrogen-bond acceptors (Lipinski definition) is 3. The Balaban J connectivity index is 2.04. The molecular formula is C14H13N3O. The summed E-state index contributed by atoms with van der Waals surface area (Å²) in [7, 11) is 1.85. The largest absolute Gasteiger partial charge is 0.384 e. The molecule has 4 heteroatoms. The van der Waals surface area contributed by atoms with Crippen molar-refractivity contribution >= 4 is 11.0 Å². The first-order valence-corrected chi connectivity index (χ1v) is 5.78. The molecule has 0 radical (unpaired) electrons. The lowest BCUT2D eigenvalue weighted by molar-refractivity contribution is 0.220. The monoisotopic (exact) mass is 239 g/mol. The van der Waals surface area contributed by atoms with Crippen molar-refractivity contribution < 1.29 is 5.11 Å². The van der Waals surface area contributed by atoms with Crippen molar-refractivity contribution in [3.05, 3.63) is 59.7 Å². The summed E-state index contributed by atoms with van der Waals surface area (Å²) in [4.78, 5) is 0. The van der Waals surface area contributed by atoms with E-state index in [2.05, 4.69) is 10.3 Å². The molecule has 90 valence electrons. The third-order valence-corrected chi connectivity index (χ3v) is 3.07. The van der Waals surface area contributed by atoms with Gasteiger partial charge in [-0.05, 0) is 23.3 Å². The molecule has 4 nitrogen and oxygen atoms in total. The minimum atomic E-state index is -0.627. The molecule has 1 aromatic heterocycles. The molecule has 1 heterocycles. The zero-order valence-corrected chi connectivity index (χ0v) is 9.99. The highest BCUT2D eigenvalue weighted by atomic mass is 16.3. The Bertz CT molecular complexity index is 676. The average molecular weight is 239 g/mol. The van der Waals surface area contributed by atoms with Crippen LogP contribution in [0.25, 0.3) is 11.0 Å². The fourth-order valence-corrected chi connectivity index (χ4v) is 2.06. The van der Waals surface area contributed by atoms with Crippen molar-refractivity contribution in [1.29, 1.82) is 0 Å². The van der Waals surface area contributed by atoms with Gasteiger partial charge in [0.15, 0.2) is 0 Å². The normalized spacial score (nSPS) is 12.8. The van der Waals surface area contributed by atoms with Crippen LogP contribution in [-0.2, 0) is 7.05 Å². The smallest absolute Gasteiger partial charge is 0.113 e. The summed E-state index contributed by atoms with van der Waals surface area (Å²) in [5.41, 5.74) is 3.46. The molecule has 2 aromatic carbocycles. The van der Waals surface area contributed by atoms with E-state index in [4.69, 9.17) is 0 Å². The number of aryl methyl sites for hydroxylation is 1. The predicted octanol–water partition coefficient (Wildman–Crippen LogP) is 2.05. The van der Waals surface area contributed by atoms with E-state index in [-0.39, 0.29) is 0 Å². The van der Waals surface area contributed by atoms with Crippen molar-refractivity contribution in [2.24, 2.45) is 7.05 Å². The second-order valence-corrected chi connectivity index (χ2v) is 4.27.